The van der Waals surface area contributed by atoms with E-state index in [1.54, 1.807) is 34.5 Å². The lowest BCUT2D eigenvalue weighted by Gasteiger charge is -2.04. The van der Waals surface area contributed by atoms with E-state index < -0.39 is 0 Å². The molecular weight excluding hydrogens is 396 g/mol. The molecule has 9 nitrogen and oxygen atoms in total. The van der Waals surface area contributed by atoms with Gasteiger partial charge in [0.1, 0.15) is 17.0 Å². The Bertz CT molecular complexity index is 1460. The first kappa shape index (κ1) is 18.6. The lowest BCUT2D eigenvalue weighted by Crippen LogP contribution is -2.23. The number of carbonyl (C=O) groups excluding carboxylic acids is 1. The Morgan fingerprint density at radius 1 is 1.13 bits per heavy atom. The first-order valence-corrected chi connectivity index (χ1v) is 9.60. The number of H-pyrrole nitrogens is 1. The molecule has 0 radical (unpaired) electrons. The van der Waals surface area contributed by atoms with Gasteiger partial charge in [-0.25, -0.2) is 9.20 Å². The third-order valence-corrected chi connectivity index (χ3v) is 5.03. The van der Waals surface area contributed by atoms with E-state index >= 15 is 0 Å². The molecule has 5 aromatic rings. The predicted molar refractivity (Wildman–Crippen MR) is 115 cm³/mol. The van der Waals surface area contributed by atoms with Crippen molar-refractivity contribution in [2.45, 2.75) is 6.54 Å². The van der Waals surface area contributed by atoms with Gasteiger partial charge >= 0.3 is 0 Å². The van der Waals surface area contributed by atoms with Crippen LogP contribution in [-0.4, -0.2) is 37.4 Å². The van der Waals surface area contributed by atoms with E-state index in [-0.39, 0.29) is 23.6 Å². The molecule has 0 saturated carbocycles. The summed E-state index contributed by atoms with van der Waals surface area (Å²) in [6, 6.07) is 16.4. The second-order valence-corrected chi connectivity index (χ2v) is 6.92. The van der Waals surface area contributed by atoms with Crippen LogP contribution in [0.2, 0.25) is 0 Å². The zero-order chi connectivity index (χ0) is 21.4. The number of rotatable bonds is 5. The SMILES string of the molecule is COc1ccc(-n2ccc(CNC(=O)c3cnn4c3[nH]c(=O)c3ccccc34)n2)cc1. The number of ether oxygens (including phenoxy) is 1. The summed E-state index contributed by atoms with van der Waals surface area (Å²) >= 11 is 0. The van der Waals surface area contributed by atoms with Crippen LogP contribution in [0.3, 0.4) is 0 Å². The van der Waals surface area contributed by atoms with Gasteiger partial charge in [-0.3, -0.25) is 9.59 Å². The van der Waals surface area contributed by atoms with Crippen molar-refractivity contribution in [3.8, 4) is 11.4 Å². The minimum absolute atomic E-state index is 0.233. The van der Waals surface area contributed by atoms with Crippen LogP contribution in [0, 0.1) is 0 Å². The third-order valence-electron chi connectivity index (χ3n) is 5.03. The number of carbonyl (C=O) groups is 1. The standard InChI is InChI=1S/C22H18N6O3/c1-31-16-8-6-15(7-9-16)27-11-10-14(26-27)12-23-21(29)18-13-24-28-19-5-3-2-4-17(19)22(30)25-20(18)28/h2-11,13H,12H2,1H3,(H,23,29)(H,25,30). The molecule has 0 aliphatic heterocycles. The predicted octanol–water partition coefficient (Wildman–Crippen LogP) is 2.30. The van der Waals surface area contributed by atoms with Gasteiger partial charge in [0, 0.05) is 6.20 Å². The van der Waals surface area contributed by atoms with Crippen molar-refractivity contribution in [2.75, 3.05) is 7.11 Å². The number of hydrogen-bond donors (Lipinski definition) is 2. The quantitative estimate of drug-likeness (QED) is 0.459. The molecule has 9 heteroatoms. The molecule has 0 saturated heterocycles. The van der Waals surface area contributed by atoms with Crippen molar-refractivity contribution < 1.29 is 9.53 Å². The Labute approximate surface area is 175 Å². The molecule has 154 valence electrons. The Morgan fingerprint density at radius 3 is 2.74 bits per heavy atom. The van der Waals surface area contributed by atoms with Gasteiger partial charge in [-0.15, -0.1) is 0 Å². The zero-order valence-electron chi connectivity index (χ0n) is 16.6. The molecule has 0 fully saturated rings. The highest BCUT2D eigenvalue weighted by molar-refractivity contribution is 6.00. The van der Waals surface area contributed by atoms with Crippen LogP contribution in [0.4, 0.5) is 0 Å². The molecular formula is C22H18N6O3. The van der Waals surface area contributed by atoms with Gasteiger partial charge in [0.05, 0.1) is 42.1 Å². The first-order chi connectivity index (χ1) is 15.1. The average molecular weight is 414 g/mol. The highest BCUT2D eigenvalue weighted by atomic mass is 16.5. The molecule has 2 N–H and O–H groups in total. The van der Waals surface area contributed by atoms with Crippen LogP contribution >= 0.6 is 0 Å². The monoisotopic (exact) mass is 414 g/mol. The number of benzene rings is 2. The van der Waals surface area contributed by atoms with Crippen molar-refractivity contribution in [2.24, 2.45) is 0 Å². The summed E-state index contributed by atoms with van der Waals surface area (Å²) in [6.07, 6.45) is 3.27. The van der Waals surface area contributed by atoms with Crippen molar-refractivity contribution in [3.63, 3.8) is 0 Å². The van der Waals surface area contributed by atoms with Crippen LogP contribution in [0.1, 0.15) is 16.1 Å². The molecule has 3 heterocycles. The number of aromatic nitrogens is 5. The van der Waals surface area contributed by atoms with Crippen LogP contribution in [-0.2, 0) is 6.54 Å². The van der Waals surface area contributed by atoms with Crippen molar-refractivity contribution in [1.29, 1.82) is 0 Å². The molecule has 0 aliphatic rings. The number of nitrogens with one attached hydrogen (secondary N) is 2. The van der Waals surface area contributed by atoms with Gasteiger partial charge in [-0.05, 0) is 42.5 Å². The third kappa shape index (κ3) is 3.31. The van der Waals surface area contributed by atoms with Gasteiger partial charge in [0.2, 0.25) is 0 Å². The minimum atomic E-state index is -0.347. The molecule has 3 aromatic heterocycles. The van der Waals surface area contributed by atoms with Crippen molar-refractivity contribution in [3.05, 3.63) is 88.6 Å². The number of para-hydroxylation sites is 1. The Kier molecular flexibility index (Phi) is 4.47. The van der Waals surface area contributed by atoms with Gasteiger partial charge in [0.15, 0.2) is 0 Å². The van der Waals surface area contributed by atoms with Crippen LogP contribution in [0.15, 0.2) is 71.8 Å². The maximum Gasteiger partial charge on any atom is 0.259 e. The summed E-state index contributed by atoms with van der Waals surface area (Å²) in [4.78, 5) is 27.9. The molecule has 2 aromatic carbocycles. The Morgan fingerprint density at radius 2 is 1.94 bits per heavy atom. The molecule has 5 rings (SSSR count). The molecule has 0 unspecified atom stereocenters. The molecule has 31 heavy (non-hydrogen) atoms. The second-order valence-electron chi connectivity index (χ2n) is 6.92. The van der Waals surface area contributed by atoms with Crippen LogP contribution in [0.25, 0.3) is 22.2 Å². The van der Waals surface area contributed by atoms with Gasteiger partial charge < -0.3 is 15.0 Å². The van der Waals surface area contributed by atoms with Gasteiger partial charge in [-0.1, -0.05) is 12.1 Å². The normalized spacial score (nSPS) is 11.1. The lowest BCUT2D eigenvalue weighted by molar-refractivity contribution is 0.0952. The van der Waals surface area contributed by atoms with E-state index in [1.807, 2.05) is 42.6 Å². The van der Waals surface area contributed by atoms with Gasteiger partial charge in [0.25, 0.3) is 11.5 Å². The second kappa shape index (κ2) is 7.45. The smallest absolute Gasteiger partial charge is 0.259 e. The minimum Gasteiger partial charge on any atom is -0.497 e. The fraction of sp³-hybridized carbons (Fsp3) is 0.0909. The number of hydrogen-bond acceptors (Lipinski definition) is 5. The highest BCUT2D eigenvalue weighted by Crippen LogP contribution is 2.16. The van der Waals surface area contributed by atoms with E-state index in [2.05, 4.69) is 20.5 Å². The number of amides is 1. The summed E-state index contributed by atoms with van der Waals surface area (Å²) < 4.78 is 8.45. The van der Waals surface area contributed by atoms with Gasteiger partial charge in [-0.2, -0.15) is 10.2 Å². The summed E-state index contributed by atoms with van der Waals surface area (Å²) in [5, 5.41) is 12.1. The summed E-state index contributed by atoms with van der Waals surface area (Å²) in [6.45, 7) is 0.233. The summed E-state index contributed by atoms with van der Waals surface area (Å²) in [5.74, 6) is 0.419. The molecule has 0 aliphatic carbocycles. The van der Waals surface area contributed by atoms with E-state index in [1.165, 1.54) is 6.20 Å². The van der Waals surface area contributed by atoms with E-state index in [0.717, 1.165) is 11.4 Å². The van der Waals surface area contributed by atoms with E-state index in [4.69, 9.17) is 4.74 Å². The average Bonchev–Trinajstić information content (AvgIpc) is 3.45. The van der Waals surface area contributed by atoms with Crippen molar-refractivity contribution in [1.82, 2.24) is 29.7 Å². The van der Waals surface area contributed by atoms with E-state index in [9.17, 15) is 9.59 Å². The fourth-order valence-corrected chi connectivity index (χ4v) is 3.44. The summed E-state index contributed by atoms with van der Waals surface area (Å²) in [5.41, 5.74) is 2.59. The number of aromatic amines is 1. The highest BCUT2D eigenvalue weighted by Gasteiger charge is 2.16. The number of methoxy groups -OCH3 is 1. The zero-order valence-corrected chi connectivity index (χ0v) is 16.6. The largest absolute Gasteiger partial charge is 0.497 e. The molecule has 0 atom stereocenters. The van der Waals surface area contributed by atoms with Crippen molar-refractivity contribution >= 4 is 22.5 Å². The topological polar surface area (TPSA) is 106 Å². The molecule has 0 spiro atoms. The lowest BCUT2D eigenvalue weighted by atomic mass is 10.2. The molecule has 1 amide bonds. The maximum atomic E-state index is 12.8. The summed E-state index contributed by atoms with van der Waals surface area (Å²) in [7, 11) is 1.62. The Hall–Kier alpha value is -4.40. The number of fused-ring (bicyclic) bond motifs is 3. The molecule has 0 bridgehead atoms. The van der Waals surface area contributed by atoms with Crippen LogP contribution in [0.5, 0.6) is 5.75 Å². The fourth-order valence-electron chi connectivity index (χ4n) is 3.44. The van der Waals surface area contributed by atoms with Crippen LogP contribution < -0.4 is 15.6 Å². The van der Waals surface area contributed by atoms with E-state index in [0.29, 0.717) is 22.2 Å². The first-order valence-electron chi connectivity index (χ1n) is 9.60. The maximum absolute atomic E-state index is 12.8. The Balaban J connectivity index is 1.36. The number of nitrogens with zero attached hydrogens (tertiary/aromatic N) is 4.